The molecule has 7 heteroatoms. The monoisotopic (exact) mass is 324 g/mol. The van der Waals surface area contributed by atoms with E-state index in [0.29, 0.717) is 27.2 Å². The van der Waals surface area contributed by atoms with E-state index in [1.54, 1.807) is 24.3 Å². The lowest BCUT2D eigenvalue weighted by molar-refractivity contribution is 0.102. The van der Waals surface area contributed by atoms with Crippen molar-refractivity contribution >= 4 is 40.7 Å². The van der Waals surface area contributed by atoms with E-state index in [1.807, 2.05) is 0 Å². The van der Waals surface area contributed by atoms with Gasteiger partial charge in [-0.2, -0.15) is 0 Å². The number of aromatic nitrogens is 2. The average Bonchev–Trinajstić information content (AvgIpc) is 2.49. The summed E-state index contributed by atoms with van der Waals surface area (Å²) in [4.78, 5) is 12.0. The number of nitrogens with one attached hydrogen (secondary N) is 2. The Balaban J connectivity index is 2.03. The minimum Gasteiger partial charge on any atom is -0.369 e. The summed E-state index contributed by atoms with van der Waals surface area (Å²) in [6.45, 7) is 2.88. The predicted molar refractivity (Wildman–Crippen MR) is 85.2 cm³/mol. The first kappa shape index (κ1) is 15.5. The van der Waals surface area contributed by atoms with E-state index in [-0.39, 0.29) is 5.91 Å². The molecule has 5 nitrogen and oxygen atoms in total. The molecule has 0 aliphatic heterocycles. The van der Waals surface area contributed by atoms with E-state index in [0.717, 1.165) is 13.0 Å². The number of anilines is 2. The van der Waals surface area contributed by atoms with E-state index in [2.05, 4.69) is 27.8 Å². The maximum absolute atomic E-state index is 12.0. The molecule has 2 rings (SSSR count). The lowest BCUT2D eigenvalue weighted by atomic mass is 10.2. The number of carbonyl (C=O) groups excluding carboxylic acids is 1. The van der Waals surface area contributed by atoms with Gasteiger partial charge in [-0.05, 0) is 36.8 Å². The number of amides is 1. The SMILES string of the molecule is CCCNc1ccc(NC(=O)c2ccc(Cl)c(Cl)c2)nn1. The third-order valence-electron chi connectivity index (χ3n) is 2.64. The first-order valence-electron chi connectivity index (χ1n) is 6.44. The molecule has 0 spiro atoms. The highest BCUT2D eigenvalue weighted by Crippen LogP contribution is 2.23. The van der Waals surface area contributed by atoms with Gasteiger partial charge >= 0.3 is 0 Å². The molecule has 2 aromatic rings. The first-order chi connectivity index (χ1) is 10.1. The minimum absolute atomic E-state index is 0.322. The molecule has 0 saturated heterocycles. The average molecular weight is 325 g/mol. The number of benzene rings is 1. The third kappa shape index (κ3) is 4.31. The van der Waals surface area contributed by atoms with Crippen LogP contribution >= 0.6 is 23.2 Å². The molecule has 1 aromatic heterocycles. The van der Waals surface area contributed by atoms with Gasteiger partial charge in [0.25, 0.3) is 5.91 Å². The number of hydrogen-bond donors (Lipinski definition) is 2. The highest BCUT2D eigenvalue weighted by Gasteiger charge is 2.09. The zero-order valence-corrected chi connectivity index (χ0v) is 12.9. The van der Waals surface area contributed by atoms with Crippen molar-refractivity contribution in [2.45, 2.75) is 13.3 Å². The molecule has 0 radical (unpaired) electrons. The maximum Gasteiger partial charge on any atom is 0.256 e. The Morgan fingerprint density at radius 2 is 1.81 bits per heavy atom. The van der Waals surface area contributed by atoms with E-state index in [9.17, 15) is 4.79 Å². The lowest BCUT2D eigenvalue weighted by Gasteiger charge is -2.06. The summed E-state index contributed by atoms with van der Waals surface area (Å²) in [7, 11) is 0. The normalized spacial score (nSPS) is 10.2. The van der Waals surface area contributed by atoms with E-state index in [4.69, 9.17) is 23.2 Å². The molecule has 1 aromatic carbocycles. The quantitative estimate of drug-likeness (QED) is 0.876. The van der Waals surface area contributed by atoms with Gasteiger partial charge in [-0.1, -0.05) is 30.1 Å². The van der Waals surface area contributed by atoms with Crippen LogP contribution in [0.25, 0.3) is 0 Å². The molecule has 1 amide bonds. The van der Waals surface area contributed by atoms with Crippen molar-refractivity contribution in [2.24, 2.45) is 0 Å². The highest BCUT2D eigenvalue weighted by molar-refractivity contribution is 6.42. The van der Waals surface area contributed by atoms with Gasteiger partial charge in [0, 0.05) is 12.1 Å². The number of carbonyl (C=O) groups is 1. The molecular weight excluding hydrogens is 311 g/mol. The molecule has 0 aliphatic carbocycles. The molecule has 0 atom stereocenters. The summed E-state index contributed by atoms with van der Waals surface area (Å²) < 4.78 is 0. The van der Waals surface area contributed by atoms with Gasteiger partial charge in [-0.15, -0.1) is 10.2 Å². The summed E-state index contributed by atoms with van der Waals surface area (Å²) in [5.41, 5.74) is 0.402. The zero-order chi connectivity index (χ0) is 15.2. The number of rotatable bonds is 5. The fourth-order valence-electron chi connectivity index (χ4n) is 1.57. The van der Waals surface area contributed by atoms with Crippen LogP contribution in [0.4, 0.5) is 11.6 Å². The van der Waals surface area contributed by atoms with Gasteiger partial charge in [0.05, 0.1) is 10.0 Å². The van der Waals surface area contributed by atoms with Crippen molar-refractivity contribution in [1.82, 2.24) is 10.2 Å². The Morgan fingerprint density at radius 1 is 1.10 bits per heavy atom. The number of nitrogens with zero attached hydrogens (tertiary/aromatic N) is 2. The van der Waals surface area contributed by atoms with E-state index >= 15 is 0 Å². The van der Waals surface area contributed by atoms with E-state index in [1.165, 1.54) is 6.07 Å². The Labute approximate surface area is 132 Å². The third-order valence-corrected chi connectivity index (χ3v) is 3.38. The maximum atomic E-state index is 12.0. The Bertz CT molecular complexity index is 631. The van der Waals surface area contributed by atoms with E-state index < -0.39 is 0 Å². The number of hydrogen-bond acceptors (Lipinski definition) is 4. The minimum atomic E-state index is -0.322. The summed E-state index contributed by atoms with van der Waals surface area (Å²) >= 11 is 11.7. The van der Waals surface area contributed by atoms with Crippen LogP contribution in [0.2, 0.25) is 10.0 Å². The van der Waals surface area contributed by atoms with Crippen molar-refractivity contribution in [3.63, 3.8) is 0 Å². The molecule has 110 valence electrons. The van der Waals surface area contributed by atoms with Crippen LogP contribution in [0.1, 0.15) is 23.7 Å². The van der Waals surface area contributed by atoms with Crippen molar-refractivity contribution < 1.29 is 4.79 Å². The molecule has 0 fully saturated rings. The molecule has 2 N–H and O–H groups in total. The van der Waals surface area contributed by atoms with Crippen LogP contribution in [-0.4, -0.2) is 22.6 Å². The summed E-state index contributed by atoms with van der Waals surface area (Å²) in [6, 6.07) is 8.10. The van der Waals surface area contributed by atoms with Crippen molar-refractivity contribution in [2.75, 3.05) is 17.2 Å². The van der Waals surface area contributed by atoms with Crippen molar-refractivity contribution in [1.29, 1.82) is 0 Å². The fourth-order valence-corrected chi connectivity index (χ4v) is 1.87. The lowest BCUT2D eigenvalue weighted by Crippen LogP contribution is -2.13. The summed E-state index contributed by atoms with van der Waals surface area (Å²) in [5, 5.41) is 14.4. The second-order valence-corrected chi connectivity index (χ2v) is 5.13. The highest BCUT2D eigenvalue weighted by atomic mass is 35.5. The predicted octanol–water partition coefficient (Wildman–Crippen LogP) is 3.86. The standard InChI is InChI=1S/C14H14Cl2N4O/c1-2-7-17-12-5-6-13(20-19-12)18-14(21)9-3-4-10(15)11(16)8-9/h3-6,8H,2,7H2,1H3,(H,17,19)(H,18,20,21). The first-order valence-corrected chi connectivity index (χ1v) is 7.19. The van der Waals surface area contributed by atoms with Crippen molar-refractivity contribution in [3.8, 4) is 0 Å². The molecule has 0 bridgehead atoms. The number of halogens is 2. The Morgan fingerprint density at radius 3 is 2.43 bits per heavy atom. The largest absolute Gasteiger partial charge is 0.369 e. The zero-order valence-electron chi connectivity index (χ0n) is 11.4. The van der Waals surface area contributed by atoms with Crippen molar-refractivity contribution in [3.05, 3.63) is 45.9 Å². The molecule has 1 heterocycles. The van der Waals surface area contributed by atoms with Crippen LogP contribution in [0.3, 0.4) is 0 Å². The Kier molecular flexibility index (Phi) is 5.36. The summed E-state index contributed by atoms with van der Waals surface area (Å²) in [6.07, 6.45) is 0.998. The fraction of sp³-hybridized carbons (Fsp3) is 0.214. The van der Waals surface area contributed by atoms with Crippen LogP contribution in [0, 0.1) is 0 Å². The van der Waals surface area contributed by atoms with Gasteiger partial charge in [0.15, 0.2) is 5.82 Å². The molecule has 0 aliphatic rings. The van der Waals surface area contributed by atoms with Crippen LogP contribution < -0.4 is 10.6 Å². The van der Waals surface area contributed by atoms with Gasteiger partial charge in [-0.3, -0.25) is 4.79 Å². The second kappa shape index (κ2) is 7.24. The van der Waals surface area contributed by atoms with Gasteiger partial charge in [0.1, 0.15) is 5.82 Å². The topological polar surface area (TPSA) is 66.9 Å². The molecule has 21 heavy (non-hydrogen) atoms. The smallest absolute Gasteiger partial charge is 0.256 e. The van der Waals surface area contributed by atoms with Gasteiger partial charge < -0.3 is 10.6 Å². The summed E-state index contributed by atoms with van der Waals surface area (Å²) in [5.74, 6) is 0.717. The molecule has 0 unspecified atom stereocenters. The van der Waals surface area contributed by atoms with Crippen LogP contribution in [0.5, 0.6) is 0 Å². The van der Waals surface area contributed by atoms with Gasteiger partial charge in [-0.25, -0.2) is 0 Å². The van der Waals surface area contributed by atoms with Crippen LogP contribution in [-0.2, 0) is 0 Å². The van der Waals surface area contributed by atoms with Crippen LogP contribution in [0.15, 0.2) is 30.3 Å². The second-order valence-electron chi connectivity index (χ2n) is 4.31. The Hall–Kier alpha value is -1.85. The molecule has 0 saturated carbocycles. The molecular formula is C14H14Cl2N4O. The van der Waals surface area contributed by atoms with Gasteiger partial charge in [0.2, 0.25) is 0 Å².